The number of nitrogens with one attached hydrogen (secondary N) is 1. The van der Waals surface area contributed by atoms with Gasteiger partial charge in [-0.05, 0) is 44.0 Å². The van der Waals surface area contributed by atoms with Crippen molar-refractivity contribution in [2.45, 2.75) is 45.2 Å². The van der Waals surface area contributed by atoms with Gasteiger partial charge in [0, 0.05) is 35.7 Å². The summed E-state index contributed by atoms with van der Waals surface area (Å²) in [6.45, 7) is 7.30. The summed E-state index contributed by atoms with van der Waals surface area (Å²) in [4.78, 5) is 27.5. The van der Waals surface area contributed by atoms with E-state index in [4.69, 9.17) is 23.2 Å². The second-order valence-corrected chi connectivity index (χ2v) is 11.5. The summed E-state index contributed by atoms with van der Waals surface area (Å²) in [6, 6.07) is 10.5. The summed E-state index contributed by atoms with van der Waals surface area (Å²) in [5.41, 5.74) is 1.40. The van der Waals surface area contributed by atoms with Gasteiger partial charge < -0.3 is 10.2 Å². The van der Waals surface area contributed by atoms with Crippen LogP contribution in [-0.2, 0) is 26.2 Å². The summed E-state index contributed by atoms with van der Waals surface area (Å²) in [5.74, 6) is -0.681. The lowest BCUT2D eigenvalue weighted by molar-refractivity contribution is -0.140. The second-order valence-electron chi connectivity index (χ2n) is 8.61. The number of benzene rings is 2. The first-order chi connectivity index (χ1) is 15.8. The van der Waals surface area contributed by atoms with E-state index >= 15 is 0 Å². The molecular formula is C24H31Cl2N3O4S. The number of nitrogens with zero attached hydrogens (tertiary/aromatic N) is 2. The molecule has 2 amide bonds. The van der Waals surface area contributed by atoms with Crippen molar-refractivity contribution in [3.8, 4) is 0 Å². The highest BCUT2D eigenvalue weighted by atomic mass is 35.5. The standard InChI is InChI=1S/C24H31Cl2N3O4S/c1-16(2)13-27-24(31)18(4)29(14-20-21(25)7-6-8-22(20)26)23(30)15-28(5)34(32,33)19-11-9-17(3)10-12-19/h6-12,16,18H,13-15H2,1-5H3,(H,27,31). The summed E-state index contributed by atoms with van der Waals surface area (Å²) in [6.07, 6.45) is 0. The third-order valence-electron chi connectivity index (χ3n) is 5.33. The molecule has 0 aromatic heterocycles. The molecule has 2 aromatic carbocycles. The molecule has 0 heterocycles. The van der Waals surface area contributed by atoms with Gasteiger partial charge in [0.05, 0.1) is 11.4 Å². The summed E-state index contributed by atoms with van der Waals surface area (Å²) >= 11 is 12.6. The molecule has 0 aliphatic heterocycles. The van der Waals surface area contributed by atoms with Gasteiger partial charge in [-0.15, -0.1) is 0 Å². The van der Waals surface area contributed by atoms with Crippen LogP contribution in [0, 0.1) is 12.8 Å². The monoisotopic (exact) mass is 527 g/mol. The summed E-state index contributed by atoms with van der Waals surface area (Å²) in [7, 11) is -2.58. The van der Waals surface area contributed by atoms with Gasteiger partial charge >= 0.3 is 0 Å². The van der Waals surface area contributed by atoms with Crippen molar-refractivity contribution in [1.29, 1.82) is 0 Å². The molecule has 1 unspecified atom stereocenters. The fraction of sp³-hybridized carbons (Fsp3) is 0.417. The first-order valence-electron chi connectivity index (χ1n) is 10.9. The van der Waals surface area contributed by atoms with Crippen molar-refractivity contribution in [3.63, 3.8) is 0 Å². The topological polar surface area (TPSA) is 86.8 Å². The lowest BCUT2D eigenvalue weighted by atomic mass is 10.1. The van der Waals surface area contributed by atoms with Gasteiger partial charge in [-0.3, -0.25) is 9.59 Å². The van der Waals surface area contributed by atoms with E-state index < -0.39 is 28.5 Å². The Balaban J connectivity index is 2.32. The molecule has 0 radical (unpaired) electrons. The Morgan fingerprint density at radius 3 is 2.09 bits per heavy atom. The average Bonchev–Trinajstić information content (AvgIpc) is 2.77. The molecule has 0 aliphatic rings. The van der Waals surface area contributed by atoms with Crippen LogP contribution in [-0.4, -0.2) is 55.6 Å². The molecule has 1 N–H and O–H groups in total. The number of rotatable bonds is 10. The van der Waals surface area contributed by atoms with Crippen LogP contribution in [0.4, 0.5) is 0 Å². The van der Waals surface area contributed by atoms with E-state index in [-0.39, 0.29) is 23.3 Å². The molecule has 10 heteroatoms. The van der Waals surface area contributed by atoms with Gasteiger partial charge in [0.2, 0.25) is 21.8 Å². The predicted molar refractivity (Wildman–Crippen MR) is 135 cm³/mol. The Morgan fingerprint density at radius 1 is 1.00 bits per heavy atom. The third-order valence-corrected chi connectivity index (χ3v) is 7.85. The lowest BCUT2D eigenvalue weighted by Gasteiger charge is -2.31. The molecule has 2 aromatic rings. The molecule has 0 aliphatic carbocycles. The Labute approximate surface area is 212 Å². The SMILES string of the molecule is Cc1ccc(S(=O)(=O)N(C)CC(=O)N(Cc2c(Cl)cccc2Cl)C(C)C(=O)NCC(C)C)cc1. The van der Waals surface area contributed by atoms with Gasteiger partial charge in [-0.25, -0.2) is 8.42 Å². The van der Waals surface area contributed by atoms with Crippen molar-refractivity contribution in [2.24, 2.45) is 5.92 Å². The minimum atomic E-state index is -3.91. The molecule has 186 valence electrons. The first kappa shape index (κ1) is 28.1. The van der Waals surface area contributed by atoms with Crippen LogP contribution in [0.15, 0.2) is 47.4 Å². The highest BCUT2D eigenvalue weighted by Gasteiger charge is 2.31. The van der Waals surface area contributed by atoms with Crippen molar-refractivity contribution in [3.05, 3.63) is 63.6 Å². The highest BCUT2D eigenvalue weighted by Crippen LogP contribution is 2.27. The second kappa shape index (κ2) is 12.0. The maximum Gasteiger partial charge on any atom is 0.243 e. The third kappa shape index (κ3) is 7.18. The number of likely N-dealkylation sites (N-methyl/N-ethyl adjacent to an activating group) is 1. The number of halogens is 2. The lowest BCUT2D eigenvalue weighted by Crippen LogP contribution is -2.51. The zero-order valence-electron chi connectivity index (χ0n) is 20.0. The Morgan fingerprint density at radius 2 is 1.56 bits per heavy atom. The quantitative estimate of drug-likeness (QED) is 0.503. The number of amides is 2. The van der Waals surface area contributed by atoms with Gasteiger partial charge in [0.1, 0.15) is 6.04 Å². The zero-order valence-corrected chi connectivity index (χ0v) is 22.3. The van der Waals surface area contributed by atoms with Crippen LogP contribution in [0.3, 0.4) is 0 Å². The van der Waals surface area contributed by atoms with E-state index in [1.165, 1.54) is 24.1 Å². The predicted octanol–water partition coefficient (Wildman–Crippen LogP) is 4.11. The molecule has 0 saturated heterocycles. The molecule has 0 bridgehead atoms. The molecule has 2 rings (SSSR count). The van der Waals surface area contributed by atoms with Crippen molar-refractivity contribution in [1.82, 2.24) is 14.5 Å². The number of carbonyl (C=O) groups excluding carboxylic acids is 2. The van der Waals surface area contributed by atoms with E-state index in [9.17, 15) is 18.0 Å². The smallest absolute Gasteiger partial charge is 0.243 e. The maximum absolute atomic E-state index is 13.4. The summed E-state index contributed by atoms with van der Waals surface area (Å²) in [5, 5.41) is 3.51. The van der Waals surface area contributed by atoms with E-state index in [0.717, 1.165) is 9.87 Å². The van der Waals surface area contributed by atoms with Crippen LogP contribution >= 0.6 is 23.2 Å². The molecule has 7 nitrogen and oxygen atoms in total. The van der Waals surface area contributed by atoms with Crippen molar-refractivity contribution >= 4 is 45.0 Å². The molecule has 0 fully saturated rings. The van der Waals surface area contributed by atoms with E-state index in [0.29, 0.717) is 22.2 Å². The Bertz CT molecular complexity index is 1100. The van der Waals surface area contributed by atoms with Crippen LogP contribution in [0.25, 0.3) is 0 Å². The van der Waals surface area contributed by atoms with Crippen LogP contribution < -0.4 is 5.32 Å². The number of hydrogen-bond acceptors (Lipinski definition) is 4. The minimum absolute atomic E-state index is 0.0496. The molecular weight excluding hydrogens is 497 g/mol. The molecule has 0 spiro atoms. The largest absolute Gasteiger partial charge is 0.354 e. The Hall–Kier alpha value is -2.13. The average molecular weight is 529 g/mol. The van der Waals surface area contributed by atoms with Crippen molar-refractivity contribution < 1.29 is 18.0 Å². The molecule has 34 heavy (non-hydrogen) atoms. The number of carbonyl (C=O) groups is 2. The van der Waals surface area contributed by atoms with Crippen molar-refractivity contribution in [2.75, 3.05) is 20.1 Å². The fourth-order valence-electron chi connectivity index (χ4n) is 3.15. The fourth-order valence-corrected chi connectivity index (χ4v) is 4.78. The van der Waals surface area contributed by atoms with Gasteiger partial charge in [0.25, 0.3) is 0 Å². The van der Waals surface area contributed by atoms with Crippen LogP contribution in [0.2, 0.25) is 10.0 Å². The van der Waals surface area contributed by atoms with E-state index in [2.05, 4.69) is 5.32 Å². The highest BCUT2D eigenvalue weighted by molar-refractivity contribution is 7.89. The van der Waals surface area contributed by atoms with Crippen LogP contribution in [0.1, 0.15) is 31.9 Å². The van der Waals surface area contributed by atoms with Gasteiger partial charge in [0.15, 0.2) is 0 Å². The van der Waals surface area contributed by atoms with Crippen LogP contribution in [0.5, 0.6) is 0 Å². The molecule has 0 saturated carbocycles. The minimum Gasteiger partial charge on any atom is -0.354 e. The zero-order chi connectivity index (χ0) is 25.6. The van der Waals surface area contributed by atoms with E-state index in [1.807, 2.05) is 20.8 Å². The number of hydrogen-bond donors (Lipinski definition) is 1. The normalized spacial score (nSPS) is 12.6. The molecule has 1 atom stereocenters. The first-order valence-corrected chi connectivity index (χ1v) is 13.1. The number of sulfonamides is 1. The Kier molecular flexibility index (Phi) is 9.94. The number of aryl methyl sites for hydroxylation is 1. The van der Waals surface area contributed by atoms with Gasteiger partial charge in [-0.1, -0.05) is 60.8 Å². The summed E-state index contributed by atoms with van der Waals surface area (Å²) < 4.78 is 26.9. The van der Waals surface area contributed by atoms with E-state index in [1.54, 1.807) is 37.3 Å². The maximum atomic E-state index is 13.4. The van der Waals surface area contributed by atoms with Gasteiger partial charge in [-0.2, -0.15) is 4.31 Å².